The number of hydrogen-bond donors (Lipinski definition) is 1. The van der Waals surface area contributed by atoms with Gasteiger partial charge in [-0.05, 0) is 79.3 Å². The summed E-state index contributed by atoms with van der Waals surface area (Å²) in [7, 11) is 0. The molecule has 0 heterocycles. The Labute approximate surface area is 130 Å². The molecule has 0 unspecified atom stereocenters. The van der Waals surface area contributed by atoms with Crippen molar-refractivity contribution in [2.75, 3.05) is 0 Å². The molecule has 0 spiro atoms. The average Bonchev–Trinajstić information content (AvgIpc) is 2.40. The van der Waals surface area contributed by atoms with Crippen molar-refractivity contribution in [2.24, 2.45) is 22.7 Å². The summed E-state index contributed by atoms with van der Waals surface area (Å²) >= 11 is 0. The zero-order valence-corrected chi connectivity index (χ0v) is 14.5. The van der Waals surface area contributed by atoms with E-state index in [-0.39, 0.29) is 6.10 Å². The molecule has 0 amide bonds. The second-order valence-corrected chi connectivity index (χ2v) is 8.76. The standard InChI is InChI=1S/C20H32O/c1-13-6-7-15-12-17-14(2)18(21)9-11-20(17,5)10-8-16(13)19(15,3)4/h12-13,16,18,21H,6-11H2,1-5H3/b15-12-/t13-,16+,18+,20-/m1/s1. The second kappa shape index (κ2) is 4.98. The summed E-state index contributed by atoms with van der Waals surface area (Å²) in [6.45, 7) is 12.0. The molecule has 3 aliphatic carbocycles. The van der Waals surface area contributed by atoms with Crippen molar-refractivity contribution in [3.8, 4) is 0 Å². The molecule has 1 nitrogen and oxygen atoms in total. The number of allylic oxidation sites excluding steroid dienone is 3. The molecule has 0 aliphatic heterocycles. The van der Waals surface area contributed by atoms with Crippen LogP contribution in [0.4, 0.5) is 0 Å². The van der Waals surface area contributed by atoms with E-state index in [4.69, 9.17) is 0 Å². The van der Waals surface area contributed by atoms with Crippen molar-refractivity contribution in [1.82, 2.24) is 0 Å². The van der Waals surface area contributed by atoms with Crippen LogP contribution in [0.15, 0.2) is 22.8 Å². The monoisotopic (exact) mass is 288 g/mol. The summed E-state index contributed by atoms with van der Waals surface area (Å²) in [6.07, 6.45) is 9.59. The van der Waals surface area contributed by atoms with Crippen LogP contribution in [0, 0.1) is 22.7 Å². The van der Waals surface area contributed by atoms with E-state index in [1.807, 2.05) is 0 Å². The molecular formula is C20H32O. The minimum atomic E-state index is -0.217. The molecule has 1 fully saturated rings. The van der Waals surface area contributed by atoms with Crippen molar-refractivity contribution in [1.29, 1.82) is 0 Å². The quantitative estimate of drug-likeness (QED) is 0.645. The Morgan fingerprint density at radius 1 is 1.10 bits per heavy atom. The highest BCUT2D eigenvalue weighted by Gasteiger charge is 2.45. The van der Waals surface area contributed by atoms with Gasteiger partial charge in [-0.2, -0.15) is 0 Å². The molecule has 4 atom stereocenters. The third kappa shape index (κ3) is 2.32. The Morgan fingerprint density at radius 3 is 2.48 bits per heavy atom. The van der Waals surface area contributed by atoms with E-state index < -0.39 is 0 Å². The Kier molecular flexibility index (Phi) is 3.64. The van der Waals surface area contributed by atoms with E-state index in [0.29, 0.717) is 10.8 Å². The first-order valence-corrected chi connectivity index (χ1v) is 8.86. The lowest BCUT2D eigenvalue weighted by atomic mass is 9.55. The van der Waals surface area contributed by atoms with Crippen molar-refractivity contribution < 1.29 is 5.11 Å². The van der Waals surface area contributed by atoms with Crippen molar-refractivity contribution in [3.63, 3.8) is 0 Å². The van der Waals surface area contributed by atoms with Gasteiger partial charge in [0, 0.05) is 0 Å². The summed E-state index contributed by atoms with van der Waals surface area (Å²) in [4.78, 5) is 0. The third-order valence-electron chi connectivity index (χ3n) is 7.18. The van der Waals surface area contributed by atoms with Gasteiger partial charge in [0.1, 0.15) is 0 Å². The van der Waals surface area contributed by atoms with E-state index in [1.54, 1.807) is 5.57 Å². The molecule has 0 aromatic heterocycles. The maximum atomic E-state index is 10.3. The molecule has 1 N–H and O–H groups in total. The number of aliphatic hydroxyl groups is 1. The minimum Gasteiger partial charge on any atom is -0.389 e. The average molecular weight is 288 g/mol. The highest BCUT2D eigenvalue weighted by Crippen LogP contribution is 2.56. The van der Waals surface area contributed by atoms with Gasteiger partial charge in [-0.15, -0.1) is 0 Å². The van der Waals surface area contributed by atoms with Gasteiger partial charge in [-0.1, -0.05) is 39.3 Å². The second-order valence-electron chi connectivity index (χ2n) is 8.76. The van der Waals surface area contributed by atoms with Crippen molar-refractivity contribution in [2.45, 2.75) is 79.2 Å². The molecular weight excluding hydrogens is 256 g/mol. The highest BCUT2D eigenvalue weighted by molar-refractivity contribution is 5.40. The summed E-state index contributed by atoms with van der Waals surface area (Å²) in [5.74, 6) is 1.67. The summed E-state index contributed by atoms with van der Waals surface area (Å²) in [5.41, 5.74) is 4.97. The summed E-state index contributed by atoms with van der Waals surface area (Å²) < 4.78 is 0. The fourth-order valence-electron chi connectivity index (χ4n) is 5.42. The fourth-order valence-corrected chi connectivity index (χ4v) is 5.42. The van der Waals surface area contributed by atoms with Crippen LogP contribution in [0.2, 0.25) is 0 Å². The predicted molar refractivity (Wildman–Crippen MR) is 89.0 cm³/mol. The van der Waals surface area contributed by atoms with Crippen LogP contribution < -0.4 is 0 Å². The molecule has 3 aliphatic rings. The zero-order valence-electron chi connectivity index (χ0n) is 14.5. The van der Waals surface area contributed by atoms with Gasteiger partial charge in [-0.3, -0.25) is 0 Å². The number of aliphatic hydroxyl groups excluding tert-OH is 1. The van der Waals surface area contributed by atoms with Crippen LogP contribution in [0.1, 0.15) is 73.1 Å². The lowest BCUT2D eigenvalue weighted by molar-refractivity contribution is 0.0958. The van der Waals surface area contributed by atoms with Gasteiger partial charge in [0.15, 0.2) is 0 Å². The van der Waals surface area contributed by atoms with Gasteiger partial charge in [-0.25, -0.2) is 0 Å². The first kappa shape index (κ1) is 15.3. The minimum absolute atomic E-state index is 0.217. The topological polar surface area (TPSA) is 20.2 Å². The maximum Gasteiger partial charge on any atom is 0.0753 e. The van der Waals surface area contributed by atoms with Gasteiger partial charge in [0.05, 0.1) is 6.10 Å². The number of rotatable bonds is 0. The molecule has 0 radical (unpaired) electrons. The maximum absolute atomic E-state index is 10.3. The zero-order chi connectivity index (χ0) is 15.4. The number of hydrogen-bond acceptors (Lipinski definition) is 1. The van der Waals surface area contributed by atoms with Crippen LogP contribution >= 0.6 is 0 Å². The van der Waals surface area contributed by atoms with E-state index in [0.717, 1.165) is 24.7 Å². The molecule has 1 saturated carbocycles. The van der Waals surface area contributed by atoms with Crippen LogP contribution in [-0.4, -0.2) is 11.2 Å². The lowest BCUT2D eigenvalue weighted by Gasteiger charge is -2.50. The first-order valence-electron chi connectivity index (χ1n) is 8.86. The summed E-state index contributed by atoms with van der Waals surface area (Å²) in [5, 5.41) is 10.3. The van der Waals surface area contributed by atoms with Crippen LogP contribution in [0.3, 0.4) is 0 Å². The predicted octanol–water partition coefficient (Wildman–Crippen LogP) is 5.26. The Balaban J connectivity index is 2.14. The molecule has 118 valence electrons. The van der Waals surface area contributed by atoms with Crippen LogP contribution in [0.5, 0.6) is 0 Å². The lowest BCUT2D eigenvalue weighted by Crippen LogP contribution is -2.40. The first-order chi connectivity index (χ1) is 9.75. The normalized spacial score (nSPS) is 45.2. The van der Waals surface area contributed by atoms with Crippen LogP contribution in [0.25, 0.3) is 0 Å². The Morgan fingerprint density at radius 2 is 1.76 bits per heavy atom. The smallest absolute Gasteiger partial charge is 0.0753 e. The van der Waals surface area contributed by atoms with Crippen molar-refractivity contribution >= 4 is 0 Å². The Bertz CT molecular complexity index is 496. The number of fused-ring (bicyclic) bond motifs is 3. The highest BCUT2D eigenvalue weighted by atomic mass is 16.3. The van der Waals surface area contributed by atoms with Crippen molar-refractivity contribution in [3.05, 3.63) is 22.8 Å². The fraction of sp³-hybridized carbons (Fsp3) is 0.800. The molecule has 0 aromatic carbocycles. The largest absolute Gasteiger partial charge is 0.389 e. The molecule has 0 aromatic rings. The van der Waals surface area contributed by atoms with E-state index >= 15 is 0 Å². The van der Waals surface area contributed by atoms with Gasteiger partial charge < -0.3 is 5.11 Å². The Hall–Kier alpha value is -0.560. The van der Waals surface area contributed by atoms with Crippen LogP contribution in [-0.2, 0) is 0 Å². The third-order valence-corrected chi connectivity index (χ3v) is 7.18. The SMILES string of the molecule is CC1=C2/C=C3/CC[C@@H](C)[C@H](CC[C@]2(C)CC[C@@H]1O)C3(C)C. The molecule has 0 saturated heterocycles. The summed E-state index contributed by atoms with van der Waals surface area (Å²) in [6, 6.07) is 0. The van der Waals surface area contributed by atoms with Gasteiger partial charge in [0.2, 0.25) is 0 Å². The van der Waals surface area contributed by atoms with E-state index in [2.05, 4.69) is 40.7 Å². The molecule has 21 heavy (non-hydrogen) atoms. The molecule has 1 heteroatoms. The van der Waals surface area contributed by atoms with Gasteiger partial charge >= 0.3 is 0 Å². The van der Waals surface area contributed by atoms with E-state index in [9.17, 15) is 5.11 Å². The molecule has 2 bridgehead atoms. The molecule has 3 rings (SSSR count). The van der Waals surface area contributed by atoms with Gasteiger partial charge in [0.25, 0.3) is 0 Å². The van der Waals surface area contributed by atoms with E-state index in [1.165, 1.54) is 36.8 Å².